The summed E-state index contributed by atoms with van der Waals surface area (Å²) in [6, 6.07) is 14.7. The van der Waals surface area contributed by atoms with Crippen molar-refractivity contribution in [2.24, 2.45) is 5.73 Å². The fourth-order valence-electron chi connectivity index (χ4n) is 1.62. The molecule has 0 aromatic heterocycles. The fraction of sp³-hybridized carbons (Fsp3) is 0.143. The summed E-state index contributed by atoms with van der Waals surface area (Å²) in [5.74, 6) is 0. The van der Waals surface area contributed by atoms with Crippen LogP contribution in [0.25, 0.3) is 0 Å². The van der Waals surface area contributed by atoms with Crippen LogP contribution in [0.2, 0.25) is 0 Å². The van der Waals surface area contributed by atoms with E-state index < -0.39 is 0 Å². The smallest absolute Gasteiger partial charge is 0.0189 e. The highest BCUT2D eigenvalue weighted by Crippen LogP contribution is 2.32. The van der Waals surface area contributed by atoms with Crippen molar-refractivity contribution in [2.75, 3.05) is 0 Å². The van der Waals surface area contributed by atoms with Gasteiger partial charge in [-0.15, -0.1) is 0 Å². The fourth-order valence-corrected chi connectivity index (χ4v) is 3.17. The lowest BCUT2D eigenvalue weighted by Gasteiger charge is -2.08. The highest BCUT2D eigenvalue weighted by atomic mass is 79.9. The molecule has 3 heteroatoms. The molecular formula is C14H14BrNS. The van der Waals surface area contributed by atoms with Crippen LogP contribution in [0.15, 0.2) is 56.7 Å². The van der Waals surface area contributed by atoms with Crippen LogP contribution in [0.3, 0.4) is 0 Å². The van der Waals surface area contributed by atoms with Crippen molar-refractivity contribution in [1.82, 2.24) is 0 Å². The lowest BCUT2D eigenvalue weighted by molar-refractivity contribution is 1.02. The first-order valence-electron chi connectivity index (χ1n) is 5.42. The van der Waals surface area contributed by atoms with E-state index in [0.717, 1.165) is 4.47 Å². The minimum Gasteiger partial charge on any atom is -0.326 e. The van der Waals surface area contributed by atoms with Crippen LogP contribution < -0.4 is 5.73 Å². The molecule has 0 aliphatic heterocycles. The third kappa shape index (κ3) is 3.35. The van der Waals surface area contributed by atoms with Gasteiger partial charge in [-0.2, -0.15) is 0 Å². The number of halogens is 1. The van der Waals surface area contributed by atoms with Gasteiger partial charge in [0.25, 0.3) is 0 Å². The molecule has 0 unspecified atom stereocenters. The van der Waals surface area contributed by atoms with E-state index in [1.54, 1.807) is 11.8 Å². The molecule has 0 bridgehead atoms. The van der Waals surface area contributed by atoms with Gasteiger partial charge in [-0.3, -0.25) is 0 Å². The zero-order valence-corrected chi connectivity index (χ0v) is 12.0. The molecule has 2 aromatic rings. The highest BCUT2D eigenvalue weighted by molar-refractivity contribution is 9.10. The number of hydrogen-bond donors (Lipinski definition) is 1. The molecule has 0 amide bonds. The Morgan fingerprint density at radius 3 is 2.71 bits per heavy atom. The van der Waals surface area contributed by atoms with Crippen molar-refractivity contribution in [3.63, 3.8) is 0 Å². The lowest BCUT2D eigenvalue weighted by Crippen LogP contribution is -1.98. The zero-order chi connectivity index (χ0) is 12.3. The molecule has 0 radical (unpaired) electrons. The third-order valence-electron chi connectivity index (χ3n) is 2.46. The van der Waals surface area contributed by atoms with Gasteiger partial charge in [0, 0.05) is 20.8 Å². The summed E-state index contributed by atoms with van der Waals surface area (Å²) < 4.78 is 1.10. The zero-order valence-electron chi connectivity index (χ0n) is 9.61. The summed E-state index contributed by atoms with van der Waals surface area (Å²) >= 11 is 5.24. The van der Waals surface area contributed by atoms with Gasteiger partial charge >= 0.3 is 0 Å². The molecule has 2 aromatic carbocycles. The molecule has 1 nitrogen and oxygen atoms in total. The van der Waals surface area contributed by atoms with E-state index in [-0.39, 0.29) is 0 Å². The Hall–Kier alpha value is -0.770. The van der Waals surface area contributed by atoms with Gasteiger partial charge in [0.2, 0.25) is 0 Å². The Balaban J connectivity index is 2.29. The van der Waals surface area contributed by atoms with E-state index in [2.05, 4.69) is 53.2 Å². The van der Waals surface area contributed by atoms with Crippen molar-refractivity contribution in [1.29, 1.82) is 0 Å². The minimum atomic E-state index is 0.581. The van der Waals surface area contributed by atoms with Crippen molar-refractivity contribution in [3.05, 3.63) is 58.1 Å². The van der Waals surface area contributed by atoms with Gasteiger partial charge in [-0.25, -0.2) is 0 Å². The Morgan fingerprint density at radius 2 is 2.00 bits per heavy atom. The van der Waals surface area contributed by atoms with Crippen molar-refractivity contribution in [3.8, 4) is 0 Å². The summed E-state index contributed by atoms with van der Waals surface area (Å²) in [5, 5.41) is 0. The van der Waals surface area contributed by atoms with Crippen molar-refractivity contribution >= 4 is 27.7 Å². The molecular weight excluding hydrogens is 294 g/mol. The van der Waals surface area contributed by atoms with Crippen LogP contribution in [0.4, 0.5) is 0 Å². The third-order valence-corrected chi connectivity index (χ3v) is 4.06. The SMILES string of the molecule is Cc1ccc(Sc2cccc(Br)c2)c(CN)c1. The predicted molar refractivity (Wildman–Crippen MR) is 77.3 cm³/mol. The van der Waals surface area contributed by atoms with Crippen LogP contribution >= 0.6 is 27.7 Å². The van der Waals surface area contributed by atoms with Gasteiger partial charge in [0.05, 0.1) is 0 Å². The topological polar surface area (TPSA) is 26.0 Å². The Kier molecular flexibility index (Phi) is 4.26. The van der Waals surface area contributed by atoms with Crippen LogP contribution in [-0.4, -0.2) is 0 Å². The average Bonchev–Trinajstić information content (AvgIpc) is 2.31. The standard InChI is InChI=1S/C14H14BrNS/c1-10-5-6-14(11(7-10)9-16)17-13-4-2-3-12(15)8-13/h2-8H,9,16H2,1H3. The summed E-state index contributed by atoms with van der Waals surface area (Å²) in [4.78, 5) is 2.45. The number of nitrogens with two attached hydrogens (primary N) is 1. The second-order valence-corrected chi connectivity index (χ2v) is 5.91. The van der Waals surface area contributed by atoms with Crippen molar-refractivity contribution < 1.29 is 0 Å². The molecule has 0 saturated carbocycles. The molecule has 17 heavy (non-hydrogen) atoms. The predicted octanol–water partition coefficient (Wildman–Crippen LogP) is 4.37. The van der Waals surface area contributed by atoms with Crippen LogP contribution in [0, 0.1) is 6.92 Å². The molecule has 88 valence electrons. The first-order valence-corrected chi connectivity index (χ1v) is 7.03. The van der Waals surface area contributed by atoms with Crippen molar-refractivity contribution in [2.45, 2.75) is 23.3 Å². The molecule has 2 N–H and O–H groups in total. The van der Waals surface area contributed by atoms with E-state index >= 15 is 0 Å². The molecule has 0 spiro atoms. The normalized spacial score (nSPS) is 10.5. The highest BCUT2D eigenvalue weighted by Gasteiger charge is 2.04. The second-order valence-electron chi connectivity index (χ2n) is 3.87. The minimum absolute atomic E-state index is 0.581. The van der Waals surface area contributed by atoms with Gasteiger partial charge in [-0.1, -0.05) is 51.5 Å². The summed E-state index contributed by atoms with van der Waals surface area (Å²) in [6.45, 7) is 2.67. The first-order chi connectivity index (χ1) is 8.19. The van der Waals surface area contributed by atoms with Crippen LogP contribution in [0.5, 0.6) is 0 Å². The van der Waals surface area contributed by atoms with Crippen LogP contribution in [0.1, 0.15) is 11.1 Å². The maximum atomic E-state index is 5.78. The summed E-state index contributed by atoms with van der Waals surface area (Å²) in [5.41, 5.74) is 8.24. The molecule has 2 rings (SSSR count). The van der Waals surface area contributed by atoms with Crippen LogP contribution in [-0.2, 0) is 6.54 Å². The number of benzene rings is 2. The van der Waals surface area contributed by atoms with E-state index in [0.29, 0.717) is 6.54 Å². The average molecular weight is 308 g/mol. The van der Waals surface area contributed by atoms with Gasteiger partial charge < -0.3 is 5.73 Å². The lowest BCUT2D eigenvalue weighted by atomic mass is 10.1. The monoisotopic (exact) mass is 307 g/mol. The maximum Gasteiger partial charge on any atom is 0.0189 e. The number of aryl methyl sites for hydroxylation is 1. The largest absolute Gasteiger partial charge is 0.326 e. The van der Waals surface area contributed by atoms with Gasteiger partial charge in [-0.05, 0) is 36.8 Å². The molecule has 0 saturated heterocycles. The summed E-state index contributed by atoms with van der Waals surface area (Å²) in [7, 11) is 0. The second kappa shape index (κ2) is 5.71. The van der Waals surface area contributed by atoms with E-state index in [1.165, 1.54) is 20.9 Å². The Morgan fingerprint density at radius 1 is 1.18 bits per heavy atom. The van der Waals surface area contributed by atoms with E-state index in [4.69, 9.17) is 5.73 Å². The first kappa shape index (κ1) is 12.7. The van der Waals surface area contributed by atoms with E-state index in [9.17, 15) is 0 Å². The maximum absolute atomic E-state index is 5.78. The molecule has 0 atom stereocenters. The summed E-state index contributed by atoms with van der Waals surface area (Å²) in [6.07, 6.45) is 0. The number of hydrogen-bond acceptors (Lipinski definition) is 2. The van der Waals surface area contributed by atoms with Gasteiger partial charge in [0.15, 0.2) is 0 Å². The Labute approximate surface area is 115 Å². The molecule has 0 heterocycles. The quantitative estimate of drug-likeness (QED) is 0.911. The number of rotatable bonds is 3. The van der Waals surface area contributed by atoms with E-state index in [1.807, 2.05) is 12.1 Å². The van der Waals surface area contributed by atoms with Gasteiger partial charge in [0.1, 0.15) is 0 Å². The molecule has 0 aliphatic carbocycles. The molecule has 0 aliphatic rings. The Bertz CT molecular complexity index is 525. The molecule has 0 fully saturated rings.